The second kappa shape index (κ2) is 9.19. The summed E-state index contributed by atoms with van der Waals surface area (Å²) < 4.78 is 5.32. The molecule has 2 unspecified atom stereocenters. The number of rotatable bonds is 6. The minimum Gasteiger partial charge on any atom is -0.452 e. The Morgan fingerprint density at radius 2 is 2.03 bits per heavy atom. The van der Waals surface area contributed by atoms with Crippen molar-refractivity contribution in [1.29, 1.82) is 0 Å². The van der Waals surface area contributed by atoms with Gasteiger partial charge in [-0.05, 0) is 42.7 Å². The van der Waals surface area contributed by atoms with E-state index in [0.29, 0.717) is 29.3 Å². The Morgan fingerprint density at radius 3 is 2.72 bits per heavy atom. The first-order valence-electron chi connectivity index (χ1n) is 9.08. The summed E-state index contributed by atoms with van der Waals surface area (Å²) in [5.41, 5.74) is 5.47. The lowest BCUT2D eigenvalue weighted by atomic mass is 9.98. The van der Waals surface area contributed by atoms with Gasteiger partial charge in [-0.25, -0.2) is 0 Å². The van der Waals surface area contributed by atoms with Crippen molar-refractivity contribution >= 4 is 51.4 Å². The van der Waals surface area contributed by atoms with E-state index in [1.807, 2.05) is 11.4 Å². The van der Waals surface area contributed by atoms with Crippen molar-refractivity contribution in [2.45, 2.75) is 25.9 Å². The number of amides is 3. The zero-order valence-electron chi connectivity index (χ0n) is 15.8. The fourth-order valence-electron chi connectivity index (χ4n) is 3.05. The molecule has 2 atom stereocenters. The number of likely N-dealkylation sites (tertiary alicyclic amines) is 1. The van der Waals surface area contributed by atoms with Crippen LogP contribution in [-0.2, 0) is 14.3 Å². The van der Waals surface area contributed by atoms with Crippen LogP contribution >= 0.6 is 22.7 Å². The minimum absolute atomic E-state index is 0.0973. The molecular weight excluding hydrogens is 414 g/mol. The van der Waals surface area contributed by atoms with Gasteiger partial charge < -0.3 is 20.7 Å². The standard InChI is InChI=1S/C19H21N3O5S2/c1-11(16(24)21-17-13(15(20)23)6-9-29-17)27-19(26)12-4-2-7-22(10-12)18(25)14-5-3-8-28-14/h3,5-6,8-9,11-12H,2,4,7,10H2,1H3,(H2,20,23)(H,21,24). The summed E-state index contributed by atoms with van der Waals surface area (Å²) >= 11 is 2.52. The zero-order valence-corrected chi connectivity index (χ0v) is 17.4. The van der Waals surface area contributed by atoms with Crippen LogP contribution in [0, 0.1) is 5.92 Å². The van der Waals surface area contributed by atoms with Gasteiger partial charge in [0, 0.05) is 13.1 Å². The maximum absolute atomic E-state index is 12.5. The number of primary amides is 1. The zero-order chi connectivity index (χ0) is 21.0. The average Bonchev–Trinajstić information content (AvgIpc) is 3.39. The van der Waals surface area contributed by atoms with Gasteiger partial charge in [-0.2, -0.15) is 0 Å². The predicted molar refractivity (Wildman–Crippen MR) is 110 cm³/mol. The Kier molecular flexibility index (Phi) is 6.65. The molecule has 29 heavy (non-hydrogen) atoms. The molecule has 2 aromatic rings. The van der Waals surface area contributed by atoms with Crippen molar-refractivity contribution in [2.24, 2.45) is 11.7 Å². The number of carbonyl (C=O) groups excluding carboxylic acids is 4. The highest BCUT2D eigenvalue weighted by Crippen LogP contribution is 2.24. The molecule has 0 spiro atoms. The summed E-state index contributed by atoms with van der Waals surface area (Å²) in [6.45, 7) is 2.31. The second-order valence-electron chi connectivity index (χ2n) is 6.66. The normalized spacial score (nSPS) is 17.4. The number of ether oxygens (including phenoxy) is 1. The lowest BCUT2D eigenvalue weighted by Crippen LogP contribution is -2.43. The smallest absolute Gasteiger partial charge is 0.311 e. The summed E-state index contributed by atoms with van der Waals surface area (Å²) in [7, 11) is 0. The molecule has 1 fully saturated rings. The van der Waals surface area contributed by atoms with E-state index in [1.54, 1.807) is 16.3 Å². The molecule has 0 aliphatic carbocycles. The molecule has 3 rings (SSSR count). The van der Waals surface area contributed by atoms with Gasteiger partial charge in [0.1, 0.15) is 5.00 Å². The molecule has 8 nitrogen and oxygen atoms in total. The quantitative estimate of drug-likeness (QED) is 0.675. The number of nitrogens with two attached hydrogens (primary N) is 1. The first kappa shape index (κ1) is 21.0. The van der Waals surface area contributed by atoms with Crippen LogP contribution in [-0.4, -0.2) is 47.8 Å². The molecule has 3 N–H and O–H groups in total. The average molecular weight is 436 g/mol. The van der Waals surface area contributed by atoms with Gasteiger partial charge in [-0.3, -0.25) is 19.2 Å². The van der Waals surface area contributed by atoms with E-state index in [0.717, 1.165) is 11.3 Å². The second-order valence-corrected chi connectivity index (χ2v) is 8.53. The maximum Gasteiger partial charge on any atom is 0.311 e. The molecule has 1 aliphatic rings. The van der Waals surface area contributed by atoms with Crippen molar-refractivity contribution in [2.75, 3.05) is 18.4 Å². The molecule has 1 saturated heterocycles. The number of nitrogens with one attached hydrogen (secondary N) is 1. The largest absolute Gasteiger partial charge is 0.452 e. The molecule has 0 bridgehead atoms. The summed E-state index contributed by atoms with van der Waals surface area (Å²) in [6, 6.07) is 5.08. The van der Waals surface area contributed by atoms with E-state index in [9.17, 15) is 19.2 Å². The molecule has 3 heterocycles. The number of hydrogen-bond donors (Lipinski definition) is 2. The van der Waals surface area contributed by atoms with Gasteiger partial charge >= 0.3 is 5.97 Å². The van der Waals surface area contributed by atoms with E-state index in [4.69, 9.17) is 10.5 Å². The van der Waals surface area contributed by atoms with Crippen LogP contribution < -0.4 is 11.1 Å². The van der Waals surface area contributed by atoms with Crippen LogP contribution in [0.4, 0.5) is 5.00 Å². The molecule has 0 saturated carbocycles. The third-order valence-electron chi connectivity index (χ3n) is 4.60. The number of esters is 1. The lowest BCUT2D eigenvalue weighted by Gasteiger charge is -2.31. The minimum atomic E-state index is -1.05. The Bertz CT molecular complexity index is 909. The van der Waals surface area contributed by atoms with E-state index in [2.05, 4.69) is 5.32 Å². The van der Waals surface area contributed by atoms with Gasteiger partial charge in [0.25, 0.3) is 17.7 Å². The fraction of sp³-hybridized carbons (Fsp3) is 0.368. The highest BCUT2D eigenvalue weighted by Gasteiger charge is 2.32. The molecule has 0 radical (unpaired) electrons. The Hall–Kier alpha value is -2.72. The van der Waals surface area contributed by atoms with E-state index in [1.165, 1.54) is 24.3 Å². The van der Waals surface area contributed by atoms with Crippen LogP contribution in [0.25, 0.3) is 0 Å². The molecular formula is C19H21N3O5S2. The number of nitrogens with zero attached hydrogens (tertiary/aromatic N) is 1. The SMILES string of the molecule is CC(OC(=O)C1CCCN(C(=O)c2cccs2)C1)C(=O)Nc1sccc1C(N)=O. The molecule has 154 valence electrons. The highest BCUT2D eigenvalue weighted by molar-refractivity contribution is 7.14. The van der Waals surface area contributed by atoms with Crippen LogP contribution in [0.5, 0.6) is 0 Å². The van der Waals surface area contributed by atoms with Crippen LogP contribution in [0.15, 0.2) is 29.0 Å². The molecule has 2 aromatic heterocycles. The lowest BCUT2D eigenvalue weighted by molar-refractivity contribution is -0.158. The predicted octanol–water partition coefficient (Wildman–Crippen LogP) is 2.33. The summed E-state index contributed by atoms with van der Waals surface area (Å²) in [4.78, 5) is 51.0. The maximum atomic E-state index is 12.5. The van der Waals surface area contributed by atoms with Crippen molar-refractivity contribution in [3.05, 3.63) is 39.4 Å². The van der Waals surface area contributed by atoms with Crippen molar-refractivity contribution in [1.82, 2.24) is 4.90 Å². The van der Waals surface area contributed by atoms with Gasteiger partial charge in [0.05, 0.1) is 16.4 Å². The third kappa shape index (κ3) is 5.01. The Labute approximate surface area is 175 Å². The van der Waals surface area contributed by atoms with Gasteiger partial charge in [-0.15, -0.1) is 22.7 Å². The molecule has 1 aliphatic heterocycles. The van der Waals surface area contributed by atoms with Crippen LogP contribution in [0.3, 0.4) is 0 Å². The van der Waals surface area contributed by atoms with E-state index >= 15 is 0 Å². The molecule has 0 aromatic carbocycles. The molecule has 10 heteroatoms. The Morgan fingerprint density at radius 1 is 1.24 bits per heavy atom. The topological polar surface area (TPSA) is 119 Å². The summed E-state index contributed by atoms with van der Waals surface area (Å²) in [5, 5.41) is 6.35. The van der Waals surface area contributed by atoms with Crippen LogP contribution in [0.2, 0.25) is 0 Å². The number of thiophene rings is 2. The van der Waals surface area contributed by atoms with E-state index < -0.39 is 29.8 Å². The first-order valence-corrected chi connectivity index (χ1v) is 10.8. The summed E-state index contributed by atoms with van der Waals surface area (Å²) in [5.74, 6) is -2.29. The number of anilines is 1. The summed E-state index contributed by atoms with van der Waals surface area (Å²) in [6.07, 6.45) is 0.237. The third-order valence-corrected chi connectivity index (χ3v) is 6.29. The Balaban J connectivity index is 1.56. The monoisotopic (exact) mass is 435 g/mol. The highest BCUT2D eigenvalue weighted by atomic mass is 32.1. The fourth-order valence-corrected chi connectivity index (χ4v) is 4.53. The van der Waals surface area contributed by atoms with Crippen molar-refractivity contribution < 1.29 is 23.9 Å². The number of piperidine rings is 1. The van der Waals surface area contributed by atoms with Crippen molar-refractivity contribution in [3.63, 3.8) is 0 Å². The van der Waals surface area contributed by atoms with Crippen LogP contribution in [0.1, 0.15) is 39.8 Å². The van der Waals surface area contributed by atoms with Gasteiger partial charge in [0.15, 0.2) is 6.10 Å². The van der Waals surface area contributed by atoms with E-state index in [-0.39, 0.29) is 18.0 Å². The first-order chi connectivity index (χ1) is 13.9. The van der Waals surface area contributed by atoms with Gasteiger partial charge in [0.2, 0.25) is 0 Å². The molecule has 3 amide bonds. The number of carbonyl (C=O) groups is 4. The van der Waals surface area contributed by atoms with Gasteiger partial charge in [-0.1, -0.05) is 6.07 Å². The van der Waals surface area contributed by atoms with Crippen molar-refractivity contribution in [3.8, 4) is 0 Å². The number of hydrogen-bond acceptors (Lipinski definition) is 7.